The summed E-state index contributed by atoms with van der Waals surface area (Å²) >= 11 is 1.54. The summed E-state index contributed by atoms with van der Waals surface area (Å²) in [6, 6.07) is 0.539. The van der Waals surface area contributed by atoms with E-state index in [-0.39, 0.29) is 5.91 Å². The van der Waals surface area contributed by atoms with Crippen molar-refractivity contribution in [3.05, 3.63) is 28.5 Å². The van der Waals surface area contributed by atoms with E-state index < -0.39 is 0 Å². The monoisotopic (exact) mass is 261 g/mol. The maximum atomic E-state index is 11.7. The number of carbonyl (C=O) groups excluding carboxylic acids is 1. The predicted octanol–water partition coefficient (Wildman–Crippen LogP) is 2.66. The molecule has 0 bridgehead atoms. The van der Waals surface area contributed by atoms with E-state index in [1.807, 2.05) is 12.3 Å². The maximum Gasteiger partial charge on any atom is 0.251 e. The summed E-state index contributed by atoms with van der Waals surface area (Å²) in [6.07, 6.45) is 4.13. The highest BCUT2D eigenvalue weighted by atomic mass is 32.1. The number of amides is 1. The Morgan fingerprint density at radius 2 is 2.17 bits per heavy atom. The van der Waals surface area contributed by atoms with Crippen LogP contribution < -0.4 is 5.73 Å². The summed E-state index contributed by atoms with van der Waals surface area (Å²) in [7, 11) is 0. The van der Waals surface area contributed by atoms with Crippen LogP contribution in [0.15, 0.2) is 11.6 Å². The first-order chi connectivity index (χ1) is 8.61. The van der Waals surface area contributed by atoms with Crippen LogP contribution in [0.1, 0.15) is 40.6 Å². The molecule has 2 aromatic rings. The van der Waals surface area contributed by atoms with Crippen LogP contribution in [0.3, 0.4) is 0 Å². The second kappa shape index (κ2) is 3.95. The number of primary amides is 1. The van der Waals surface area contributed by atoms with Gasteiger partial charge in [-0.1, -0.05) is 0 Å². The van der Waals surface area contributed by atoms with Crippen LogP contribution in [0, 0.1) is 13.8 Å². The first-order valence-electron chi connectivity index (χ1n) is 6.02. The molecule has 1 aliphatic carbocycles. The summed E-state index contributed by atoms with van der Waals surface area (Å²) in [6.45, 7) is 4.02. The van der Waals surface area contributed by atoms with Crippen molar-refractivity contribution in [2.75, 3.05) is 0 Å². The fourth-order valence-corrected chi connectivity index (χ4v) is 3.38. The molecule has 4 nitrogen and oxygen atoms in total. The molecule has 0 spiro atoms. The maximum absolute atomic E-state index is 11.7. The van der Waals surface area contributed by atoms with Gasteiger partial charge in [-0.25, -0.2) is 4.98 Å². The van der Waals surface area contributed by atoms with Gasteiger partial charge >= 0.3 is 0 Å². The van der Waals surface area contributed by atoms with Gasteiger partial charge in [0.15, 0.2) is 0 Å². The molecule has 2 aromatic heterocycles. The predicted molar refractivity (Wildman–Crippen MR) is 71.8 cm³/mol. The fourth-order valence-electron chi connectivity index (χ4n) is 2.64. The van der Waals surface area contributed by atoms with Crippen LogP contribution in [-0.4, -0.2) is 15.5 Å². The lowest BCUT2D eigenvalue weighted by molar-refractivity contribution is 0.1000. The normalized spacial score (nSPS) is 15.0. The second-order valence-corrected chi connectivity index (χ2v) is 5.62. The molecule has 0 unspecified atom stereocenters. The van der Waals surface area contributed by atoms with Crippen LogP contribution in [0.2, 0.25) is 0 Å². The van der Waals surface area contributed by atoms with E-state index in [0.29, 0.717) is 11.6 Å². The van der Waals surface area contributed by atoms with Crippen molar-refractivity contribution in [3.8, 4) is 10.6 Å². The highest BCUT2D eigenvalue weighted by Gasteiger charge is 2.32. The molecular weight excluding hydrogens is 246 g/mol. The minimum absolute atomic E-state index is 0.361. The van der Waals surface area contributed by atoms with Crippen LogP contribution in [0.4, 0.5) is 0 Å². The molecule has 1 aliphatic rings. The topological polar surface area (TPSA) is 60.9 Å². The zero-order chi connectivity index (χ0) is 12.9. The Morgan fingerprint density at radius 3 is 2.67 bits per heavy atom. The van der Waals surface area contributed by atoms with Gasteiger partial charge < -0.3 is 10.3 Å². The highest BCUT2D eigenvalue weighted by molar-refractivity contribution is 7.13. The molecule has 1 amide bonds. The molecule has 0 aromatic carbocycles. The first-order valence-corrected chi connectivity index (χ1v) is 6.90. The van der Waals surface area contributed by atoms with Gasteiger partial charge in [0.25, 0.3) is 5.91 Å². The molecule has 94 valence electrons. The zero-order valence-electron chi connectivity index (χ0n) is 10.4. The largest absolute Gasteiger partial charge is 0.366 e. The Hall–Kier alpha value is -1.62. The molecule has 1 saturated carbocycles. The molecule has 5 heteroatoms. The smallest absolute Gasteiger partial charge is 0.251 e. The lowest BCUT2D eigenvalue weighted by Gasteiger charge is -2.06. The van der Waals surface area contributed by atoms with Gasteiger partial charge in [-0.15, -0.1) is 11.3 Å². The molecule has 1 fully saturated rings. The Balaban J connectivity index is 2.28. The van der Waals surface area contributed by atoms with Crippen molar-refractivity contribution in [2.45, 2.75) is 32.7 Å². The van der Waals surface area contributed by atoms with E-state index in [0.717, 1.165) is 22.0 Å². The van der Waals surface area contributed by atoms with Gasteiger partial charge in [0.05, 0.1) is 5.56 Å². The van der Waals surface area contributed by atoms with Crippen molar-refractivity contribution in [2.24, 2.45) is 5.73 Å². The van der Waals surface area contributed by atoms with Gasteiger partial charge in [-0.2, -0.15) is 0 Å². The lowest BCUT2D eigenvalue weighted by Crippen LogP contribution is -2.13. The number of thiazole rings is 1. The number of hydrogen-bond acceptors (Lipinski definition) is 3. The molecule has 0 radical (unpaired) electrons. The van der Waals surface area contributed by atoms with Crippen molar-refractivity contribution in [3.63, 3.8) is 0 Å². The van der Waals surface area contributed by atoms with E-state index in [9.17, 15) is 4.79 Å². The summed E-state index contributed by atoms with van der Waals surface area (Å²) < 4.78 is 2.25. The SMILES string of the molecule is Cc1c(C(N)=O)c(-c2nccs2)c(C)n1C1CC1. The Kier molecular flexibility index (Phi) is 2.52. The zero-order valence-corrected chi connectivity index (χ0v) is 11.3. The molecule has 2 heterocycles. The molecule has 18 heavy (non-hydrogen) atoms. The van der Waals surface area contributed by atoms with Crippen molar-refractivity contribution < 1.29 is 4.79 Å². The average Bonchev–Trinajstić information content (AvgIpc) is 2.90. The molecule has 0 saturated heterocycles. The standard InChI is InChI=1S/C13H15N3OS/c1-7-10(12(14)17)11(13-15-5-6-18-13)8(2)16(7)9-3-4-9/h5-6,9H,3-4H2,1-2H3,(H2,14,17). The van der Waals surface area contributed by atoms with Gasteiger partial charge in [0.2, 0.25) is 0 Å². The van der Waals surface area contributed by atoms with E-state index in [1.165, 1.54) is 12.8 Å². The summed E-state index contributed by atoms with van der Waals surface area (Å²) in [5.74, 6) is -0.361. The number of carbonyl (C=O) groups is 1. The molecule has 3 rings (SSSR count). The van der Waals surface area contributed by atoms with Crippen LogP contribution in [0.5, 0.6) is 0 Å². The summed E-state index contributed by atoms with van der Waals surface area (Å²) in [4.78, 5) is 16.1. The first kappa shape index (κ1) is 11.5. The fraction of sp³-hybridized carbons (Fsp3) is 0.385. The number of nitrogens with zero attached hydrogens (tertiary/aromatic N) is 2. The third-order valence-corrected chi connectivity index (χ3v) is 4.29. The second-order valence-electron chi connectivity index (χ2n) is 4.72. The lowest BCUT2D eigenvalue weighted by atomic mass is 10.1. The number of aromatic nitrogens is 2. The minimum Gasteiger partial charge on any atom is -0.366 e. The molecule has 2 N–H and O–H groups in total. The number of hydrogen-bond donors (Lipinski definition) is 1. The Morgan fingerprint density at radius 1 is 1.44 bits per heavy atom. The Bertz CT molecular complexity index is 609. The molecular formula is C13H15N3OS. The van der Waals surface area contributed by atoms with Crippen molar-refractivity contribution in [1.29, 1.82) is 0 Å². The number of rotatable bonds is 3. The third-order valence-electron chi connectivity index (χ3n) is 3.50. The van der Waals surface area contributed by atoms with Gasteiger partial charge in [0, 0.05) is 34.6 Å². The molecule has 0 aliphatic heterocycles. The minimum atomic E-state index is -0.361. The van der Waals surface area contributed by atoms with E-state index >= 15 is 0 Å². The third kappa shape index (κ3) is 1.58. The summed E-state index contributed by atoms with van der Waals surface area (Å²) in [5.41, 5.74) is 9.19. The summed E-state index contributed by atoms with van der Waals surface area (Å²) in [5, 5.41) is 2.80. The Labute approximate surface area is 109 Å². The van der Waals surface area contributed by atoms with Crippen LogP contribution in [-0.2, 0) is 0 Å². The van der Waals surface area contributed by atoms with E-state index in [2.05, 4.69) is 16.5 Å². The van der Waals surface area contributed by atoms with Gasteiger partial charge in [0.1, 0.15) is 5.01 Å². The average molecular weight is 261 g/mol. The van der Waals surface area contributed by atoms with Crippen molar-refractivity contribution >= 4 is 17.2 Å². The van der Waals surface area contributed by atoms with Gasteiger partial charge in [-0.3, -0.25) is 4.79 Å². The van der Waals surface area contributed by atoms with E-state index in [4.69, 9.17) is 5.73 Å². The number of nitrogens with two attached hydrogens (primary N) is 1. The van der Waals surface area contributed by atoms with Crippen molar-refractivity contribution in [1.82, 2.24) is 9.55 Å². The molecule has 0 atom stereocenters. The highest BCUT2D eigenvalue weighted by Crippen LogP contribution is 2.42. The van der Waals surface area contributed by atoms with Crippen LogP contribution in [0.25, 0.3) is 10.6 Å². The van der Waals surface area contributed by atoms with Crippen LogP contribution >= 0.6 is 11.3 Å². The quantitative estimate of drug-likeness (QED) is 0.923. The van der Waals surface area contributed by atoms with Gasteiger partial charge in [-0.05, 0) is 26.7 Å². The van der Waals surface area contributed by atoms with E-state index in [1.54, 1.807) is 17.5 Å².